The Kier molecular flexibility index (Phi) is 14.4. The van der Waals surface area contributed by atoms with Gasteiger partial charge in [-0.15, -0.1) is 0 Å². The maximum atomic E-state index is 16.1. The Bertz CT molecular complexity index is 2080. The Balaban J connectivity index is 1.54. The van der Waals surface area contributed by atoms with Gasteiger partial charge in [-0.2, -0.15) is 83.1 Å². The molecule has 6 rings (SSSR count). The molecule has 370 valence electrons. The molecular formula is C44H45F17O3S2. The minimum absolute atomic E-state index is 0.0556. The van der Waals surface area contributed by atoms with Crippen molar-refractivity contribution in [2.75, 3.05) is 0 Å². The van der Waals surface area contributed by atoms with Crippen LogP contribution in [-0.2, 0) is 13.7 Å². The van der Waals surface area contributed by atoms with Gasteiger partial charge in [-0.1, -0.05) is 94.2 Å². The van der Waals surface area contributed by atoms with Gasteiger partial charge in [0, 0.05) is 14.7 Å². The highest BCUT2D eigenvalue weighted by Crippen LogP contribution is 2.72. The molecule has 0 saturated heterocycles. The molecule has 0 unspecified atom stereocenters. The van der Waals surface area contributed by atoms with E-state index >= 15 is 26.3 Å². The molecule has 3 aromatic rings. The van der Waals surface area contributed by atoms with Crippen LogP contribution in [0.5, 0.6) is 0 Å². The molecule has 3 aliphatic carbocycles. The van der Waals surface area contributed by atoms with Gasteiger partial charge in [-0.25, -0.2) is 3.63 Å². The van der Waals surface area contributed by atoms with Crippen LogP contribution < -0.4 is 0 Å². The van der Waals surface area contributed by atoms with E-state index in [1.165, 1.54) is 72.8 Å². The fourth-order valence-corrected chi connectivity index (χ4v) is 14.3. The molecular weight excluding hydrogens is 964 g/mol. The van der Waals surface area contributed by atoms with E-state index in [1.54, 1.807) is 0 Å². The van der Waals surface area contributed by atoms with Crippen LogP contribution in [0.3, 0.4) is 0 Å². The number of benzene rings is 3. The second kappa shape index (κ2) is 18.2. The monoisotopic (exact) mass is 1010 g/mol. The minimum Gasteiger partial charge on any atom is -0.202 e. The van der Waals surface area contributed by atoms with E-state index in [9.17, 15) is 56.7 Å². The number of rotatable bonds is 15. The molecule has 3 saturated carbocycles. The lowest BCUT2D eigenvalue weighted by molar-refractivity contribution is -0.458. The molecule has 0 N–H and O–H groups in total. The molecule has 3 fully saturated rings. The lowest BCUT2D eigenvalue weighted by atomic mass is 9.84. The minimum atomic E-state index is -8.97. The van der Waals surface area contributed by atoms with Crippen molar-refractivity contribution >= 4 is 20.4 Å². The summed E-state index contributed by atoms with van der Waals surface area (Å²) in [5.74, 6) is -52.5. The summed E-state index contributed by atoms with van der Waals surface area (Å²) in [6.07, 6.45) is 3.98. The highest BCUT2D eigenvalue weighted by atomic mass is 32.3. The number of alkyl halides is 17. The maximum Gasteiger partial charge on any atom is 0.460 e. The van der Waals surface area contributed by atoms with Gasteiger partial charge in [0.2, 0.25) is 0 Å². The fraction of sp³-hybridized carbons (Fsp3) is 0.591. The van der Waals surface area contributed by atoms with Crippen molar-refractivity contribution in [1.29, 1.82) is 0 Å². The van der Waals surface area contributed by atoms with Crippen LogP contribution in [-0.4, -0.2) is 55.4 Å². The summed E-state index contributed by atoms with van der Waals surface area (Å²) in [5, 5.41) is -7.87. The number of hydrogen-bond donors (Lipinski definition) is 0. The molecule has 0 atom stereocenters. The van der Waals surface area contributed by atoms with E-state index in [0.717, 1.165) is 57.8 Å². The van der Waals surface area contributed by atoms with Crippen molar-refractivity contribution in [2.24, 2.45) is 0 Å². The first-order valence-electron chi connectivity index (χ1n) is 21.2. The summed E-state index contributed by atoms with van der Waals surface area (Å²) in [6, 6.07) is 15.9. The van der Waals surface area contributed by atoms with E-state index in [2.05, 4.69) is 0 Å². The Labute approximate surface area is 371 Å². The molecule has 0 radical (unpaired) electrons. The predicted molar refractivity (Wildman–Crippen MR) is 210 cm³/mol. The van der Waals surface area contributed by atoms with Crippen LogP contribution >= 0.6 is 10.3 Å². The van der Waals surface area contributed by atoms with Crippen molar-refractivity contribution in [2.45, 2.75) is 176 Å². The van der Waals surface area contributed by atoms with Crippen LogP contribution in [0.4, 0.5) is 74.6 Å². The quantitative estimate of drug-likeness (QED) is 0.143. The number of hydrogen-bond acceptors (Lipinski definition) is 3. The first-order valence-corrected chi connectivity index (χ1v) is 24.2. The van der Waals surface area contributed by atoms with Gasteiger partial charge in [-0.3, -0.25) is 0 Å². The molecule has 0 aliphatic heterocycles. The van der Waals surface area contributed by atoms with Gasteiger partial charge in [0.05, 0.1) is 0 Å². The summed E-state index contributed by atoms with van der Waals surface area (Å²) < 4.78 is 278. The first-order chi connectivity index (χ1) is 30.4. The average molecular weight is 1010 g/mol. The SMILES string of the molecule is O=S(=O)(OS(c1ccc(C2CCCCC2)cc1)(c1ccc(C2CCCCC2)cc1)c1ccc(C2CCCCC2)cc1)C(F)(F)C(F)(F)C(F)(F)C(F)(F)C(F)(F)C(F)(F)C(F)(F)C(F)(F)F. The fourth-order valence-electron chi connectivity index (χ4n) is 9.11. The third kappa shape index (κ3) is 8.60. The smallest absolute Gasteiger partial charge is 0.202 e. The molecule has 3 aromatic carbocycles. The summed E-state index contributed by atoms with van der Waals surface area (Å²) in [6.45, 7) is 0. The second-order valence-corrected chi connectivity index (χ2v) is 21.7. The predicted octanol–water partition coefficient (Wildman–Crippen LogP) is 16.3. The lowest BCUT2D eigenvalue weighted by Crippen LogP contribution is -2.75. The largest absolute Gasteiger partial charge is 0.460 e. The Morgan fingerprint density at radius 3 is 0.848 bits per heavy atom. The zero-order valence-electron chi connectivity index (χ0n) is 34.7. The lowest BCUT2D eigenvalue weighted by Gasteiger charge is -2.44. The Morgan fingerprint density at radius 1 is 0.348 bits per heavy atom. The van der Waals surface area contributed by atoms with Crippen LogP contribution in [0.15, 0.2) is 87.5 Å². The second-order valence-electron chi connectivity index (χ2n) is 17.3. The van der Waals surface area contributed by atoms with Crippen molar-refractivity contribution in [3.8, 4) is 0 Å². The zero-order valence-corrected chi connectivity index (χ0v) is 36.4. The van der Waals surface area contributed by atoms with Crippen LogP contribution in [0, 0.1) is 0 Å². The van der Waals surface area contributed by atoms with Gasteiger partial charge >= 0.3 is 57.1 Å². The molecule has 3 aliphatic rings. The van der Waals surface area contributed by atoms with Gasteiger partial charge < -0.3 is 0 Å². The summed E-state index contributed by atoms with van der Waals surface area (Å²) in [4.78, 5) is -1.13. The van der Waals surface area contributed by atoms with E-state index in [4.69, 9.17) is 3.63 Å². The van der Waals surface area contributed by atoms with E-state index in [-0.39, 0.29) is 32.4 Å². The molecule has 0 amide bonds. The van der Waals surface area contributed by atoms with Crippen molar-refractivity contribution in [1.82, 2.24) is 0 Å². The van der Waals surface area contributed by atoms with Crippen LogP contribution in [0.1, 0.15) is 131 Å². The maximum absolute atomic E-state index is 16.1. The molecule has 66 heavy (non-hydrogen) atoms. The molecule has 22 heteroatoms. The van der Waals surface area contributed by atoms with Gasteiger partial charge in [-0.05, 0) is 120 Å². The van der Waals surface area contributed by atoms with Crippen LogP contribution in [0.2, 0.25) is 0 Å². The van der Waals surface area contributed by atoms with E-state index < -0.39 is 67.4 Å². The molecule has 0 bridgehead atoms. The molecule has 0 spiro atoms. The molecule has 3 nitrogen and oxygen atoms in total. The zero-order chi connectivity index (χ0) is 49.0. The summed E-state index contributed by atoms with van der Waals surface area (Å²) in [7, 11) is -12.6. The van der Waals surface area contributed by atoms with Gasteiger partial charge in [0.1, 0.15) is 0 Å². The van der Waals surface area contributed by atoms with E-state index in [0.29, 0.717) is 55.2 Å². The molecule has 0 heterocycles. The summed E-state index contributed by atoms with van der Waals surface area (Å²) in [5.41, 5.74) is 1.97. The van der Waals surface area contributed by atoms with E-state index in [1.807, 2.05) is 0 Å². The highest BCUT2D eigenvalue weighted by Gasteiger charge is 2.96. The Hall–Kier alpha value is -3.27. The third-order valence-corrected chi connectivity index (χ3v) is 18.3. The Morgan fingerprint density at radius 2 is 0.591 bits per heavy atom. The topological polar surface area (TPSA) is 43.4 Å². The molecule has 0 aromatic heterocycles. The highest BCUT2D eigenvalue weighted by molar-refractivity contribution is 8.33. The normalized spacial score (nSPS) is 19.5. The van der Waals surface area contributed by atoms with Crippen LogP contribution in [0.25, 0.3) is 0 Å². The van der Waals surface area contributed by atoms with Crippen molar-refractivity contribution in [3.05, 3.63) is 89.5 Å². The summed E-state index contributed by atoms with van der Waals surface area (Å²) >= 11 is 0. The third-order valence-electron chi connectivity index (χ3n) is 13.1. The number of halogens is 17. The average Bonchev–Trinajstić information content (AvgIpc) is 3.28. The van der Waals surface area contributed by atoms with Gasteiger partial charge in [0.15, 0.2) is 0 Å². The van der Waals surface area contributed by atoms with Crippen molar-refractivity contribution in [3.63, 3.8) is 0 Å². The van der Waals surface area contributed by atoms with Gasteiger partial charge in [0.25, 0.3) is 0 Å². The first kappa shape index (κ1) is 52.1. The van der Waals surface area contributed by atoms with Crippen molar-refractivity contribution < 1.29 is 86.7 Å². The standard InChI is InChI=1S/C44H45F17O3S2/c45-37(46,39(49,50)41(53,54)43(57,58)59)38(47,48)40(51,52)42(55,56)44(60,61)66(62,63)64-65(34-22-16-31(17-23-34)28-10-4-1-5-11-28,35-24-18-32(19-25-35)29-12-6-2-7-13-29)36-26-20-33(21-27-36)30-14-8-3-9-15-30/h16-30H,1-15H2.